The first kappa shape index (κ1) is 13.9. The number of hydrogen-bond donors (Lipinski definition) is 1. The van der Waals surface area contributed by atoms with Crippen molar-refractivity contribution in [1.82, 2.24) is 14.8 Å². The van der Waals surface area contributed by atoms with E-state index in [-0.39, 0.29) is 0 Å². The Kier molecular flexibility index (Phi) is 5.38. The predicted molar refractivity (Wildman–Crippen MR) is 72.7 cm³/mol. The molecule has 0 aliphatic heterocycles. The van der Waals surface area contributed by atoms with Crippen molar-refractivity contribution >= 4 is 5.69 Å². The van der Waals surface area contributed by atoms with Crippen LogP contribution in [0.3, 0.4) is 0 Å². The Morgan fingerprint density at radius 1 is 1.35 bits per heavy atom. The predicted octanol–water partition coefficient (Wildman–Crippen LogP) is 1.44. The first-order valence-electron chi connectivity index (χ1n) is 6.12. The first-order valence-corrected chi connectivity index (χ1v) is 6.12. The fourth-order valence-electron chi connectivity index (χ4n) is 1.96. The summed E-state index contributed by atoms with van der Waals surface area (Å²) in [5.74, 6) is 0. The molecule has 0 amide bonds. The maximum Gasteiger partial charge on any atom is 0.0545 e. The molecule has 0 spiro atoms. The van der Waals surface area contributed by atoms with E-state index in [1.807, 2.05) is 12.1 Å². The Labute approximate surface area is 104 Å². The van der Waals surface area contributed by atoms with Crippen LogP contribution in [0.1, 0.15) is 19.5 Å². The van der Waals surface area contributed by atoms with Gasteiger partial charge in [-0.2, -0.15) is 0 Å². The van der Waals surface area contributed by atoms with E-state index in [2.05, 4.69) is 42.7 Å². The van der Waals surface area contributed by atoms with Crippen LogP contribution in [0.5, 0.6) is 0 Å². The van der Waals surface area contributed by atoms with Gasteiger partial charge in [-0.1, -0.05) is 6.92 Å². The molecule has 0 aliphatic carbocycles. The fourth-order valence-corrected chi connectivity index (χ4v) is 1.96. The molecule has 0 radical (unpaired) electrons. The number of aromatic nitrogens is 1. The third-order valence-electron chi connectivity index (χ3n) is 2.87. The number of hydrogen-bond acceptors (Lipinski definition) is 4. The minimum Gasteiger partial charge on any atom is -0.397 e. The Bertz CT molecular complexity index is 321. The van der Waals surface area contributed by atoms with Crippen molar-refractivity contribution in [3.05, 3.63) is 24.0 Å². The summed E-state index contributed by atoms with van der Waals surface area (Å²) in [7, 11) is 4.21. The maximum absolute atomic E-state index is 5.63. The lowest BCUT2D eigenvalue weighted by atomic mass is 10.2. The van der Waals surface area contributed by atoms with Crippen molar-refractivity contribution in [2.24, 2.45) is 0 Å². The van der Waals surface area contributed by atoms with Crippen LogP contribution in [0, 0.1) is 0 Å². The van der Waals surface area contributed by atoms with E-state index in [0.717, 1.165) is 31.0 Å². The van der Waals surface area contributed by atoms with E-state index in [1.54, 1.807) is 6.20 Å². The largest absolute Gasteiger partial charge is 0.397 e. The number of pyridine rings is 1. The molecule has 0 aromatic carbocycles. The van der Waals surface area contributed by atoms with Gasteiger partial charge in [-0.15, -0.1) is 0 Å². The highest BCUT2D eigenvalue weighted by molar-refractivity contribution is 5.34. The molecule has 1 atom stereocenters. The van der Waals surface area contributed by atoms with E-state index >= 15 is 0 Å². The molecule has 1 heterocycles. The number of nitrogens with zero attached hydrogens (tertiary/aromatic N) is 3. The number of anilines is 1. The van der Waals surface area contributed by atoms with Crippen molar-refractivity contribution in [2.75, 3.05) is 32.9 Å². The monoisotopic (exact) mass is 236 g/mol. The molecule has 1 aromatic rings. The van der Waals surface area contributed by atoms with Gasteiger partial charge in [0.25, 0.3) is 0 Å². The van der Waals surface area contributed by atoms with Gasteiger partial charge >= 0.3 is 0 Å². The van der Waals surface area contributed by atoms with E-state index in [0.29, 0.717) is 6.04 Å². The SMILES string of the molecule is CCN(Cc1ccc(N)cn1)C(C)CN(C)C. The third-order valence-corrected chi connectivity index (χ3v) is 2.87. The fraction of sp³-hybridized carbons (Fsp3) is 0.615. The molecule has 4 nitrogen and oxygen atoms in total. The van der Waals surface area contributed by atoms with Gasteiger partial charge in [-0.05, 0) is 39.7 Å². The summed E-state index contributed by atoms with van der Waals surface area (Å²) in [6.45, 7) is 7.40. The Morgan fingerprint density at radius 2 is 2.06 bits per heavy atom. The zero-order chi connectivity index (χ0) is 12.8. The van der Waals surface area contributed by atoms with Gasteiger partial charge in [0.15, 0.2) is 0 Å². The quantitative estimate of drug-likeness (QED) is 0.812. The van der Waals surface area contributed by atoms with Crippen LogP contribution in [0.2, 0.25) is 0 Å². The molecule has 1 aromatic heterocycles. The molecule has 0 fully saturated rings. The highest BCUT2D eigenvalue weighted by Gasteiger charge is 2.13. The summed E-state index contributed by atoms with van der Waals surface area (Å²) in [4.78, 5) is 8.97. The average molecular weight is 236 g/mol. The second-order valence-electron chi connectivity index (χ2n) is 4.76. The molecule has 1 unspecified atom stereocenters. The van der Waals surface area contributed by atoms with Crippen molar-refractivity contribution in [1.29, 1.82) is 0 Å². The van der Waals surface area contributed by atoms with Gasteiger partial charge in [0.1, 0.15) is 0 Å². The lowest BCUT2D eigenvalue weighted by Gasteiger charge is -2.29. The smallest absolute Gasteiger partial charge is 0.0545 e. The lowest BCUT2D eigenvalue weighted by Crippen LogP contribution is -2.39. The molecule has 0 saturated heterocycles. The topological polar surface area (TPSA) is 45.4 Å². The van der Waals surface area contributed by atoms with E-state index in [1.165, 1.54) is 0 Å². The van der Waals surface area contributed by atoms with Crippen LogP contribution >= 0.6 is 0 Å². The van der Waals surface area contributed by atoms with Crippen molar-refractivity contribution in [3.8, 4) is 0 Å². The molecule has 96 valence electrons. The molecular formula is C13H24N4. The van der Waals surface area contributed by atoms with Crippen LogP contribution < -0.4 is 5.73 Å². The zero-order valence-corrected chi connectivity index (χ0v) is 11.3. The Hall–Kier alpha value is -1.13. The van der Waals surface area contributed by atoms with Crippen molar-refractivity contribution in [3.63, 3.8) is 0 Å². The van der Waals surface area contributed by atoms with Crippen LogP contribution in [0.4, 0.5) is 5.69 Å². The average Bonchev–Trinajstić information content (AvgIpc) is 2.27. The minimum absolute atomic E-state index is 0.523. The van der Waals surface area contributed by atoms with E-state index in [9.17, 15) is 0 Å². The van der Waals surface area contributed by atoms with Gasteiger partial charge in [0.05, 0.1) is 17.6 Å². The number of rotatable bonds is 6. The van der Waals surface area contributed by atoms with E-state index < -0.39 is 0 Å². The number of likely N-dealkylation sites (N-methyl/N-ethyl adjacent to an activating group) is 2. The highest BCUT2D eigenvalue weighted by atomic mass is 15.2. The Morgan fingerprint density at radius 3 is 2.53 bits per heavy atom. The molecule has 1 rings (SSSR count). The van der Waals surface area contributed by atoms with Crippen molar-refractivity contribution < 1.29 is 0 Å². The maximum atomic E-state index is 5.63. The lowest BCUT2D eigenvalue weighted by molar-refractivity contribution is 0.172. The second-order valence-corrected chi connectivity index (χ2v) is 4.76. The van der Waals surface area contributed by atoms with Crippen molar-refractivity contribution in [2.45, 2.75) is 26.4 Å². The molecule has 2 N–H and O–H groups in total. The Balaban J connectivity index is 2.59. The van der Waals surface area contributed by atoms with Gasteiger partial charge in [0, 0.05) is 19.1 Å². The molecule has 0 saturated carbocycles. The van der Waals surface area contributed by atoms with Gasteiger partial charge in [0.2, 0.25) is 0 Å². The van der Waals surface area contributed by atoms with E-state index in [4.69, 9.17) is 5.73 Å². The summed E-state index contributed by atoms with van der Waals surface area (Å²) < 4.78 is 0. The molecular weight excluding hydrogens is 212 g/mol. The van der Waals surface area contributed by atoms with Crippen LogP contribution in [-0.2, 0) is 6.54 Å². The standard InChI is InChI=1S/C13H24N4/c1-5-17(11(2)9-16(3)4)10-13-7-6-12(14)8-15-13/h6-8,11H,5,9-10,14H2,1-4H3. The van der Waals surface area contributed by atoms with Gasteiger partial charge in [-0.3, -0.25) is 9.88 Å². The second kappa shape index (κ2) is 6.57. The van der Waals surface area contributed by atoms with Gasteiger partial charge < -0.3 is 10.6 Å². The van der Waals surface area contributed by atoms with Gasteiger partial charge in [-0.25, -0.2) is 0 Å². The summed E-state index contributed by atoms with van der Waals surface area (Å²) in [6, 6.07) is 4.43. The minimum atomic E-state index is 0.523. The first-order chi connectivity index (χ1) is 8.02. The highest BCUT2D eigenvalue weighted by Crippen LogP contribution is 2.08. The molecule has 0 bridgehead atoms. The van der Waals surface area contributed by atoms with Crippen LogP contribution in [0.25, 0.3) is 0 Å². The normalized spacial score (nSPS) is 13.3. The third kappa shape index (κ3) is 4.71. The molecule has 4 heteroatoms. The summed E-state index contributed by atoms with van der Waals surface area (Å²) in [5.41, 5.74) is 7.43. The van der Waals surface area contributed by atoms with Crippen LogP contribution in [-0.4, -0.2) is 48.0 Å². The van der Waals surface area contributed by atoms with Crippen LogP contribution in [0.15, 0.2) is 18.3 Å². The summed E-state index contributed by atoms with van der Waals surface area (Å²) in [6.07, 6.45) is 1.72. The number of nitrogens with two attached hydrogens (primary N) is 1. The molecule has 17 heavy (non-hydrogen) atoms. The zero-order valence-electron chi connectivity index (χ0n) is 11.3. The summed E-state index contributed by atoms with van der Waals surface area (Å²) >= 11 is 0. The number of nitrogen functional groups attached to an aromatic ring is 1. The molecule has 0 aliphatic rings. The summed E-state index contributed by atoms with van der Waals surface area (Å²) in [5, 5.41) is 0.